The zero-order chi connectivity index (χ0) is 9.97. The van der Waals surface area contributed by atoms with Gasteiger partial charge in [-0.25, -0.2) is 10.4 Å². The number of benzene rings is 1. The number of nitrogens with one attached hydrogen (secondary N) is 2. The number of nitrogens with two attached hydrogens (primary N) is 1. The molecule has 2 aromatic rings. The Hall–Kier alpha value is -1.59. The predicted octanol–water partition coefficient (Wildman–Crippen LogP) is 0.969. The lowest BCUT2D eigenvalue weighted by Gasteiger charge is -2.03. The summed E-state index contributed by atoms with van der Waals surface area (Å²) in [7, 11) is 0. The van der Waals surface area contributed by atoms with Gasteiger partial charge in [0.05, 0.1) is 6.67 Å². The van der Waals surface area contributed by atoms with Crippen molar-refractivity contribution in [1.29, 1.82) is 0 Å². The Kier molecular flexibility index (Phi) is 2.34. The van der Waals surface area contributed by atoms with Crippen LogP contribution < -0.4 is 16.6 Å². The van der Waals surface area contributed by atoms with Crippen LogP contribution in [-0.4, -0.2) is 11.7 Å². The Labute approximate surface area is 81.3 Å². The number of fused-ring (bicyclic) bond motifs is 1. The van der Waals surface area contributed by atoms with Crippen LogP contribution in [0, 0.1) is 6.92 Å². The Morgan fingerprint density at radius 2 is 2.36 bits per heavy atom. The second-order valence-electron chi connectivity index (χ2n) is 2.97. The molecule has 5 nitrogen and oxygen atoms in total. The van der Waals surface area contributed by atoms with Crippen LogP contribution in [0.3, 0.4) is 0 Å². The van der Waals surface area contributed by atoms with Crippen LogP contribution in [0.25, 0.3) is 11.1 Å². The van der Waals surface area contributed by atoms with Gasteiger partial charge in [0.2, 0.25) is 0 Å². The van der Waals surface area contributed by atoms with E-state index in [1.165, 1.54) is 0 Å². The van der Waals surface area contributed by atoms with Crippen molar-refractivity contribution in [1.82, 2.24) is 10.4 Å². The molecule has 0 unspecified atom stereocenters. The number of nitrogens with zero attached hydrogens (tertiary/aromatic N) is 1. The molecule has 1 aromatic carbocycles. The molecule has 0 bridgehead atoms. The van der Waals surface area contributed by atoms with Crippen molar-refractivity contribution in [3.63, 3.8) is 0 Å². The molecule has 0 saturated carbocycles. The molecule has 2 rings (SSSR count). The number of hydrogen-bond acceptors (Lipinski definition) is 5. The SMILES string of the molecule is Cc1nc2cc(NCNN)ccc2o1. The van der Waals surface area contributed by atoms with Crippen LogP contribution in [0.4, 0.5) is 5.69 Å². The van der Waals surface area contributed by atoms with Crippen molar-refractivity contribution >= 4 is 16.8 Å². The van der Waals surface area contributed by atoms with E-state index in [1.807, 2.05) is 25.1 Å². The third-order valence-corrected chi connectivity index (χ3v) is 1.89. The molecule has 0 aliphatic rings. The number of aromatic nitrogens is 1. The van der Waals surface area contributed by atoms with E-state index in [4.69, 9.17) is 10.3 Å². The molecule has 74 valence electrons. The topological polar surface area (TPSA) is 76.1 Å². The summed E-state index contributed by atoms with van der Waals surface area (Å²) >= 11 is 0. The van der Waals surface area contributed by atoms with E-state index in [-0.39, 0.29) is 0 Å². The van der Waals surface area contributed by atoms with Gasteiger partial charge in [-0.1, -0.05) is 0 Å². The highest BCUT2D eigenvalue weighted by atomic mass is 16.3. The van der Waals surface area contributed by atoms with E-state index in [1.54, 1.807) is 0 Å². The third-order valence-electron chi connectivity index (χ3n) is 1.89. The quantitative estimate of drug-likeness (QED) is 0.384. The third kappa shape index (κ3) is 1.68. The molecule has 14 heavy (non-hydrogen) atoms. The highest BCUT2D eigenvalue weighted by Gasteiger charge is 2.01. The van der Waals surface area contributed by atoms with E-state index in [9.17, 15) is 0 Å². The minimum absolute atomic E-state index is 0.516. The lowest BCUT2D eigenvalue weighted by Crippen LogP contribution is -2.28. The van der Waals surface area contributed by atoms with Gasteiger partial charge in [0, 0.05) is 12.6 Å². The molecule has 0 aliphatic heterocycles. The summed E-state index contributed by atoms with van der Waals surface area (Å²) in [5.41, 5.74) is 5.13. The fourth-order valence-electron chi connectivity index (χ4n) is 1.31. The number of rotatable bonds is 3. The van der Waals surface area contributed by atoms with Crippen LogP contribution in [0.15, 0.2) is 22.6 Å². The van der Waals surface area contributed by atoms with Crippen molar-refractivity contribution in [3.05, 3.63) is 24.1 Å². The molecule has 0 spiro atoms. The maximum Gasteiger partial charge on any atom is 0.192 e. The first-order chi connectivity index (χ1) is 6.79. The van der Waals surface area contributed by atoms with Crippen molar-refractivity contribution < 1.29 is 4.42 Å². The normalized spacial score (nSPS) is 10.7. The van der Waals surface area contributed by atoms with Crippen LogP contribution in [0.1, 0.15) is 5.89 Å². The largest absolute Gasteiger partial charge is 0.441 e. The van der Waals surface area contributed by atoms with Gasteiger partial charge >= 0.3 is 0 Å². The fraction of sp³-hybridized carbons (Fsp3) is 0.222. The Morgan fingerprint density at radius 1 is 1.50 bits per heavy atom. The average molecular weight is 192 g/mol. The van der Waals surface area contributed by atoms with Crippen molar-refractivity contribution in [3.8, 4) is 0 Å². The van der Waals surface area contributed by atoms with Crippen LogP contribution in [0.5, 0.6) is 0 Å². The molecule has 0 radical (unpaired) electrons. The smallest absolute Gasteiger partial charge is 0.192 e. The minimum atomic E-state index is 0.516. The molecule has 5 heteroatoms. The highest BCUT2D eigenvalue weighted by molar-refractivity contribution is 5.77. The highest BCUT2D eigenvalue weighted by Crippen LogP contribution is 2.19. The number of hydrogen-bond donors (Lipinski definition) is 3. The zero-order valence-electron chi connectivity index (χ0n) is 7.87. The first-order valence-corrected chi connectivity index (χ1v) is 4.34. The van der Waals surface area contributed by atoms with Crippen molar-refractivity contribution in [2.75, 3.05) is 12.0 Å². The van der Waals surface area contributed by atoms with Gasteiger partial charge < -0.3 is 9.73 Å². The number of aryl methyl sites for hydroxylation is 1. The Morgan fingerprint density at radius 3 is 3.14 bits per heavy atom. The summed E-state index contributed by atoms with van der Waals surface area (Å²) in [4.78, 5) is 4.22. The Balaban J connectivity index is 2.31. The van der Waals surface area contributed by atoms with E-state index < -0.39 is 0 Å². The van der Waals surface area contributed by atoms with Crippen LogP contribution in [0.2, 0.25) is 0 Å². The van der Waals surface area contributed by atoms with E-state index in [0.717, 1.165) is 16.8 Å². The van der Waals surface area contributed by atoms with Gasteiger partial charge in [-0.2, -0.15) is 0 Å². The van der Waals surface area contributed by atoms with E-state index in [0.29, 0.717) is 12.6 Å². The maximum absolute atomic E-state index is 5.35. The number of anilines is 1. The lowest BCUT2D eigenvalue weighted by molar-refractivity contribution is 0.561. The second kappa shape index (κ2) is 3.65. The van der Waals surface area contributed by atoms with Gasteiger partial charge in [-0.3, -0.25) is 5.84 Å². The Bertz CT molecular complexity index is 437. The van der Waals surface area contributed by atoms with Crippen molar-refractivity contribution in [2.45, 2.75) is 6.92 Å². The van der Waals surface area contributed by atoms with E-state index in [2.05, 4.69) is 15.7 Å². The first kappa shape index (κ1) is 8.98. The van der Waals surface area contributed by atoms with Crippen LogP contribution >= 0.6 is 0 Å². The predicted molar refractivity (Wildman–Crippen MR) is 54.6 cm³/mol. The van der Waals surface area contributed by atoms with E-state index >= 15 is 0 Å². The molecule has 1 aromatic heterocycles. The number of oxazole rings is 1. The van der Waals surface area contributed by atoms with Gasteiger partial charge in [0.15, 0.2) is 11.5 Å². The first-order valence-electron chi connectivity index (χ1n) is 4.34. The summed E-state index contributed by atoms with van der Waals surface area (Å²) in [5.74, 6) is 5.82. The summed E-state index contributed by atoms with van der Waals surface area (Å²) in [6, 6.07) is 5.72. The molecular weight excluding hydrogens is 180 g/mol. The van der Waals surface area contributed by atoms with Gasteiger partial charge in [0.25, 0.3) is 0 Å². The average Bonchev–Trinajstić information content (AvgIpc) is 2.54. The summed E-state index contributed by atoms with van der Waals surface area (Å²) in [5, 5.41) is 3.08. The lowest BCUT2D eigenvalue weighted by atomic mass is 10.3. The molecule has 1 heterocycles. The number of hydrazine groups is 1. The molecule has 0 saturated heterocycles. The molecular formula is C9H12N4O. The minimum Gasteiger partial charge on any atom is -0.441 e. The molecule has 0 aliphatic carbocycles. The molecule has 4 N–H and O–H groups in total. The van der Waals surface area contributed by atoms with Crippen LogP contribution in [-0.2, 0) is 0 Å². The van der Waals surface area contributed by atoms with Gasteiger partial charge in [-0.05, 0) is 18.2 Å². The van der Waals surface area contributed by atoms with Crippen molar-refractivity contribution in [2.24, 2.45) is 5.84 Å². The zero-order valence-corrected chi connectivity index (χ0v) is 7.87. The monoisotopic (exact) mass is 192 g/mol. The van der Waals surface area contributed by atoms with Gasteiger partial charge in [-0.15, -0.1) is 0 Å². The summed E-state index contributed by atoms with van der Waals surface area (Å²) < 4.78 is 5.35. The molecule has 0 atom stereocenters. The standard InChI is InChI=1S/C9H12N4O/c1-6-13-8-4-7(11-5-12-10)2-3-9(8)14-6/h2-4,11-12H,5,10H2,1H3. The maximum atomic E-state index is 5.35. The molecule has 0 fully saturated rings. The fourth-order valence-corrected chi connectivity index (χ4v) is 1.31. The second-order valence-corrected chi connectivity index (χ2v) is 2.97. The summed E-state index contributed by atoms with van der Waals surface area (Å²) in [6.45, 7) is 2.34. The van der Waals surface area contributed by atoms with Gasteiger partial charge in [0.1, 0.15) is 5.52 Å². The summed E-state index contributed by atoms with van der Waals surface area (Å²) in [6.07, 6.45) is 0. The molecule has 0 amide bonds.